The summed E-state index contributed by atoms with van der Waals surface area (Å²) in [5, 5.41) is 4.97. The molecule has 2 N–H and O–H groups in total. The highest BCUT2D eigenvalue weighted by atomic mass is 32.2. The van der Waals surface area contributed by atoms with Gasteiger partial charge in [-0.2, -0.15) is 17.0 Å². The second kappa shape index (κ2) is 7.59. The number of hydrogen-bond donors (Lipinski definition) is 2. The van der Waals surface area contributed by atoms with Crippen molar-refractivity contribution in [1.82, 2.24) is 8.61 Å². The van der Waals surface area contributed by atoms with Gasteiger partial charge in [-0.1, -0.05) is 0 Å². The van der Waals surface area contributed by atoms with Gasteiger partial charge >= 0.3 is 6.03 Å². The third kappa shape index (κ3) is 4.59. The molecule has 2 aromatic rings. The minimum absolute atomic E-state index is 0.00130. The maximum atomic E-state index is 13.9. The molecule has 0 radical (unpaired) electrons. The Hall–Kier alpha value is -2.56. The molecule has 0 aliphatic carbocycles. The molecule has 2 aromatic carbocycles. The molecule has 0 spiro atoms. The van der Waals surface area contributed by atoms with Gasteiger partial charge in [-0.25, -0.2) is 13.6 Å². The van der Waals surface area contributed by atoms with E-state index in [2.05, 4.69) is 10.6 Å². The number of anilines is 2. The number of nitrogens with one attached hydrogen (secondary N) is 2. The van der Waals surface area contributed by atoms with Gasteiger partial charge < -0.3 is 10.6 Å². The first-order valence-corrected chi connectivity index (χ1v) is 9.48. The van der Waals surface area contributed by atoms with Crippen LogP contribution in [0.5, 0.6) is 0 Å². The Bertz CT molecular complexity index is 951. The van der Waals surface area contributed by atoms with Gasteiger partial charge in [0.25, 0.3) is 10.2 Å². The van der Waals surface area contributed by atoms with Crippen LogP contribution in [-0.2, 0) is 16.8 Å². The van der Waals surface area contributed by atoms with Crippen molar-refractivity contribution in [3.63, 3.8) is 0 Å². The van der Waals surface area contributed by atoms with Gasteiger partial charge in [0.2, 0.25) is 0 Å². The van der Waals surface area contributed by atoms with Crippen LogP contribution < -0.4 is 10.6 Å². The minimum Gasteiger partial charge on any atom is -0.308 e. The standard InChI is InChI=1S/C17H18F2N4O3S/c1-22-6-7-23(27(22,25)26)11-12-8-14(19)10-16(9-12)21-17(24)20-15-4-2-13(18)3-5-15/h2-5,8-10H,6-7,11H2,1H3,(H2,20,21,24). The SMILES string of the molecule is CN1CCN(Cc2cc(F)cc(NC(=O)Nc3ccc(F)cc3)c2)S1(=O)=O. The van der Waals surface area contributed by atoms with Gasteiger partial charge in [0, 0.05) is 38.1 Å². The monoisotopic (exact) mass is 396 g/mol. The van der Waals surface area contributed by atoms with Crippen molar-refractivity contribution in [1.29, 1.82) is 0 Å². The van der Waals surface area contributed by atoms with Crippen LogP contribution in [-0.4, -0.2) is 43.2 Å². The van der Waals surface area contributed by atoms with Gasteiger partial charge in [-0.05, 0) is 48.0 Å². The van der Waals surface area contributed by atoms with Gasteiger partial charge in [0.05, 0.1) is 0 Å². The largest absolute Gasteiger partial charge is 0.323 e. The zero-order valence-electron chi connectivity index (χ0n) is 14.4. The third-order valence-corrected chi connectivity index (χ3v) is 6.00. The summed E-state index contributed by atoms with van der Waals surface area (Å²) in [5.74, 6) is -1.03. The Labute approximate surface area is 155 Å². The van der Waals surface area contributed by atoms with Crippen molar-refractivity contribution in [3.8, 4) is 0 Å². The molecular weight excluding hydrogens is 378 g/mol. The van der Waals surface area contributed by atoms with Crippen LogP contribution in [0.15, 0.2) is 42.5 Å². The van der Waals surface area contributed by atoms with Crippen molar-refractivity contribution in [3.05, 3.63) is 59.7 Å². The van der Waals surface area contributed by atoms with Crippen molar-refractivity contribution in [2.45, 2.75) is 6.54 Å². The Balaban J connectivity index is 1.70. The number of rotatable bonds is 4. The number of amides is 2. The smallest absolute Gasteiger partial charge is 0.308 e. The number of hydrogen-bond acceptors (Lipinski definition) is 3. The van der Waals surface area contributed by atoms with Gasteiger partial charge in [0.15, 0.2) is 0 Å². The number of benzene rings is 2. The zero-order chi connectivity index (χ0) is 19.6. The van der Waals surface area contributed by atoms with E-state index in [0.29, 0.717) is 24.3 Å². The van der Waals surface area contributed by atoms with Gasteiger partial charge in [0.1, 0.15) is 11.6 Å². The first-order chi connectivity index (χ1) is 12.7. The number of nitrogens with zero attached hydrogens (tertiary/aromatic N) is 2. The summed E-state index contributed by atoms with van der Waals surface area (Å²) in [5.41, 5.74) is 0.956. The van der Waals surface area contributed by atoms with Crippen molar-refractivity contribution >= 4 is 27.6 Å². The lowest BCUT2D eigenvalue weighted by Crippen LogP contribution is -2.30. The molecule has 0 bridgehead atoms. The Morgan fingerprint density at radius 3 is 2.30 bits per heavy atom. The van der Waals surface area contributed by atoms with E-state index in [1.165, 1.54) is 52.1 Å². The van der Waals surface area contributed by atoms with Crippen LogP contribution in [0.3, 0.4) is 0 Å². The molecule has 1 aliphatic rings. The zero-order valence-corrected chi connectivity index (χ0v) is 15.3. The second-order valence-corrected chi connectivity index (χ2v) is 8.13. The highest BCUT2D eigenvalue weighted by Gasteiger charge is 2.33. The second-order valence-electron chi connectivity index (χ2n) is 6.10. The average molecular weight is 396 g/mol. The van der Waals surface area contributed by atoms with Crippen LogP contribution in [0, 0.1) is 11.6 Å². The summed E-state index contributed by atoms with van der Waals surface area (Å²) in [6, 6.07) is 8.39. The maximum Gasteiger partial charge on any atom is 0.323 e. The first kappa shape index (κ1) is 19.2. The van der Waals surface area contributed by atoms with E-state index in [1.807, 2.05) is 0 Å². The topological polar surface area (TPSA) is 81.8 Å². The van der Waals surface area contributed by atoms with E-state index in [9.17, 15) is 22.0 Å². The van der Waals surface area contributed by atoms with Crippen LogP contribution in [0.4, 0.5) is 25.0 Å². The number of likely N-dealkylation sites (N-methyl/N-ethyl adjacent to an activating group) is 1. The average Bonchev–Trinajstić information content (AvgIpc) is 2.83. The molecule has 7 nitrogen and oxygen atoms in total. The Kier molecular flexibility index (Phi) is 5.40. The lowest BCUT2D eigenvalue weighted by molar-refractivity contribution is 0.262. The number of carbonyl (C=O) groups excluding carboxylic acids is 1. The lowest BCUT2D eigenvalue weighted by Gasteiger charge is -2.16. The Morgan fingerprint density at radius 1 is 1.00 bits per heavy atom. The van der Waals surface area contributed by atoms with Crippen LogP contribution >= 0.6 is 0 Å². The first-order valence-electron chi connectivity index (χ1n) is 8.08. The fraction of sp³-hybridized carbons (Fsp3) is 0.235. The summed E-state index contributed by atoms with van der Waals surface area (Å²) in [6.45, 7) is 0.671. The van der Waals surface area contributed by atoms with E-state index in [0.717, 1.165) is 6.07 Å². The molecule has 2 amide bonds. The van der Waals surface area contributed by atoms with Crippen LogP contribution in [0.25, 0.3) is 0 Å². The van der Waals surface area contributed by atoms with Gasteiger partial charge in [-0.15, -0.1) is 0 Å². The van der Waals surface area contributed by atoms with E-state index in [-0.39, 0.29) is 12.2 Å². The summed E-state index contributed by atoms with van der Waals surface area (Å²) in [4.78, 5) is 12.0. The molecule has 1 fully saturated rings. The molecule has 0 atom stereocenters. The molecule has 3 rings (SSSR count). The number of urea groups is 1. The molecule has 27 heavy (non-hydrogen) atoms. The molecule has 1 heterocycles. The van der Waals surface area contributed by atoms with E-state index < -0.39 is 27.9 Å². The highest BCUT2D eigenvalue weighted by Crippen LogP contribution is 2.21. The molecule has 0 unspecified atom stereocenters. The maximum absolute atomic E-state index is 13.9. The fourth-order valence-electron chi connectivity index (χ4n) is 2.68. The summed E-state index contributed by atoms with van der Waals surface area (Å²) >= 11 is 0. The normalized spacial score (nSPS) is 17.0. The predicted molar refractivity (Wildman–Crippen MR) is 97.4 cm³/mol. The molecule has 0 saturated carbocycles. The van der Waals surface area contributed by atoms with Crippen molar-refractivity contribution in [2.24, 2.45) is 0 Å². The summed E-state index contributed by atoms with van der Waals surface area (Å²) in [7, 11) is -2.06. The molecule has 144 valence electrons. The molecule has 1 aliphatic heterocycles. The fourth-order valence-corrected chi connectivity index (χ4v) is 4.02. The highest BCUT2D eigenvalue weighted by molar-refractivity contribution is 7.86. The summed E-state index contributed by atoms with van der Waals surface area (Å²) in [6.07, 6.45) is 0. The molecule has 0 aromatic heterocycles. The van der Waals surface area contributed by atoms with Crippen molar-refractivity contribution in [2.75, 3.05) is 30.8 Å². The molecule has 1 saturated heterocycles. The number of halogens is 2. The number of carbonyl (C=O) groups is 1. The quantitative estimate of drug-likeness (QED) is 0.834. The predicted octanol–water partition coefficient (Wildman–Crippen LogP) is 2.60. The van der Waals surface area contributed by atoms with Crippen LogP contribution in [0.1, 0.15) is 5.56 Å². The lowest BCUT2D eigenvalue weighted by atomic mass is 10.2. The van der Waals surface area contributed by atoms with E-state index in [1.54, 1.807) is 0 Å². The Morgan fingerprint density at radius 2 is 1.67 bits per heavy atom. The van der Waals surface area contributed by atoms with Crippen LogP contribution in [0.2, 0.25) is 0 Å². The van der Waals surface area contributed by atoms with E-state index in [4.69, 9.17) is 0 Å². The van der Waals surface area contributed by atoms with Crippen molar-refractivity contribution < 1.29 is 22.0 Å². The van der Waals surface area contributed by atoms with Gasteiger partial charge in [-0.3, -0.25) is 0 Å². The minimum atomic E-state index is -3.54. The molecule has 10 heteroatoms. The van der Waals surface area contributed by atoms with E-state index >= 15 is 0 Å². The summed E-state index contributed by atoms with van der Waals surface area (Å²) < 4.78 is 53.5. The third-order valence-electron chi connectivity index (χ3n) is 4.06. The molecular formula is C17H18F2N4O3S.